The van der Waals surface area contributed by atoms with Crippen LogP contribution in [0.5, 0.6) is 0 Å². The number of hydrogen-bond donors (Lipinski definition) is 1. The van der Waals surface area contributed by atoms with Crippen molar-refractivity contribution in [2.75, 3.05) is 5.43 Å². The van der Waals surface area contributed by atoms with E-state index in [2.05, 4.69) is 10.4 Å². The third kappa shape index (κ3) is 3.49. The number of amides is 1. The van der Waals surface area contributed by atoms with Crippen LogP contribution in [0.2, 0.25) is 0 Å². The Morgan fingerprint density at radius 1 is 1.29 bits per heavy atom. The van der Waals surface area contributed by atoms with Gasteiger partial charge in [0.15, 0.2) is 0 Å². The fraction of sp³-hybridized carbons (Fsp3) is 0.333. The SMILES string of the molecule is C[CH-]c1nc2ccccc2c(=O)n1NC(=O)C(C)(C)C.[Li+]. The van der Waals surface area contributed by atoms with Gasteiger partial charge in [-0.2, -0.15) is 6.92 Å². The molecule has 1 aromatic carbocycles. The average Bonchev–Trinajstić information content (AvgIpc) is 2.40. The molecule has 2 rings (SSSR count). The number of carbonyl (C=O) groups excluding carboxylic acids is 1. The van der Waals surface area contributed by atoms with Gasteiger partial charge in [0.2, 0.25) is 5.91 Å². The molecule has 0 radical (unpaired) electrons. The fourth-order valence-corrected chi connectivity index (χ4v) is 1.72. The molecule has 0 atom stereocenters. The minimum Gasteiger partial charge on any atom is -0.326 e. The van der Waals surface area contributed by atoms with E-state index in [9.17, 15) is 9.59 Å². The van der Waals surface area contributed by atoms with Crippen molar-refractivity contribution in [2.24, 2.45) is 5.41 Å². The Hall–Kier alpha value is -1.70. The molecule has 1 heterocycles. The second kappa shape index (κ2) is 6.38. The molecule has 6 heteroatoms. The van der Waals surface area contributed by atoms with Crippen molar-refractivity contribution in [3.8, 4) is 0 Å². The minimum atomic E-state index is -0.587. The second-order valence-corrected chi connectivity index (χ2v) is 5.61. The number of para-hydroxylation sites is 1. The smallest absolute Gasteiger partial charge is 0.326 e. The third-order valence-electron chi connectivity index (χ3n) is 2.95. The predicted octanol–water partition coefficient (Wildman–Crippen LogP) is -0.911. The standard InChI is InChI=1S/C15H18N3O2.Li/c1-5-12-16-11-9-7-6-8-10(11)13(19)18(12)17-14(20)15(2,3)4;/h5-9H,1-4H3,(H,17,20);/q-1;+1. The Labute approximate surface area is 135 Å². The van der Waals surface area contributed by atoms with E-state index >= 15 is 0 Å². The van der Waals surface area contributed by atoms with E-state index in [4.69, 9.17) is 0 Å². The van der Waals surface area contributed by atoms with E-state index in [-0.39, 0.29) is 30.3 Å². The molecule has 0 saturated heterocycles. The van der Waals surface area contributed by atoms with Gasteiger partial charge in [0.25, 0.3) is 5.56 Å². The van der Waals surface area contributed by atoms with Crippen LogP contribution in [0.1, 0.15) is 33.5 Å². The van der Waals surface area contributed by atoms with Gasteiger partial charge >= 0.3 is 18.9 Å². The quantitative estimate of drug-likeness (QED) is 0.572. The summed E-state index contributed by atoms with van der Waals surface area (Å²) in [5, 5.41) is 0.479. The summed E-state index contributed by atoms with van der Waals surface area (Å²) >= 11 is 0. The van der Waals surface area contributed by atoms with E-state index < -0.39 is 5.41 Å². The molecule has 1 aromatic heterocycles. The number of carbonyl (C=O) groups is 1. The van der Waals surface area contributed by atoms with Crippen LogP contribution >= 0.6 is 0 Å². The van der Waals surface area contributed by atoms with Gasteiger partial charge in [-0.1, -0.05) is 32.9 Å². The summed E-state index contributed by atoms with van der Waals surface area (Å²) in [7, 11) is 0. The molecular formula is C15H18LiN3O2. The molecule has 2 aromatic rings. The molecule has 106 valence electrons. The van der Waals surface area contributed by atoms with Crippen LogP contribution < -0.4 is 29.8 Å². The van der Waals surface area contributed by atoms with Gasteiger partial charge in [-0.15, -0.1) is 0 Å². The van der Waals surface area contributed by atoms with E-state index in [1.807, 2.05) is 6.07 Å². The monoisotopic (exact) mass is 279 g/mol. The first-order valence-corrected chi connectivity index (χ1v) is 6.47. The molecule has 0 aliphatic carbocycles. The molecule has 0 unspecified atom stereocenters. The minimum absolute atomic E-state index is 0. The van der Waals surface area contributed by atoms with E-state index in [0.29, 0.717) is 16.7 Å². The summed E-state index contributed by atoms with van der Waals surface area (Å²) in [6.07, 6.45) is 1.69. The van der Waals surface area contributed by atoms with Crippen molar-refractivity contribution in [2.45, 2.75) is 27.7 Å². The molecule has 21 heavy (non-hydrogen) atoms. The Balaban J connectivity index is 0.00000220. The Morgan fingerprint density at radius 3 is 2.48 bits per heavy atom. The summed E-state index contributed by atoms with van der Waals surface area (Å²) in [6, 6.07) is 7.08. The summed E-state index contributed by atoms with van der Waals surface area (Å²) < 4.78 is 1.20. The number of nitrogens with one attached hydrogen (secondary N) is 1. The number of rotatable bonds is 2. The van der Waals surface area contributed by atoms with Crippen molar-refractivity contribution in [1.29, 1.82) is 0 Å². The van der Waals surface area contributed by atoms with Crippen molar-refractivity contribution >= 4 is 16.8 Å². The molecule has 0 fully saturated rings. The maximum Gasteiger partial charge on any atom is 1.00 e. The van der Waals surface area contributed by atoms with Crippen molar-refractivity contribution in [3.05, 3.63) is 46.9 Å². The summed E-state index contributed by atoms with van der Waals surface area (Å²) in [5.41, 5.74) is 2.39. The molecule has 0 aliphatic heterocycles. The maximum atomic E-state index is 12.5. The van der Waals surface area contributed by atoms with Crippen LogP contribution in [0.15, 0.2) is 29.1 Å². The Morgan fingerprint density at radius 2 is 1.90 bits per heavy atom. The average molecular weight is 279 g/mol. The van der Waals surface area contributed by atoms with Crippen LogP contribution in [-0.4, -0.2) is 15.6 Å². The molecule has 0 spiro atoms. The predicted molar refractivity (Wildman–Crippen MR) is 78.9 cm³/mol. The van der Waals surface area contributed by atoms with Crippen LogP contribution in [0.25, 0.3) is 10.9 Å². The van der Waals surface area contributed by atoms with Crippen molar-refractivity contribution in [1.82, 2.24) is 9.66 Å². The number of fused-ring (bicyclic) bond motifs is 1. The van der Waals surface area contributed by atoms with Crippen LogP contribution in [0.4, 0.5) is 0 Å². The van der Waals surface area contributed by atoms with Crippen LogP contribution in [0.3, 0.4) is 0 Å². The summed E-state index contributed by atoms with van der Waals surface area (Å²) in [4.78, 5) is 28.9. The van der Waals surface area contributed by atoms with Crippen LogP contribution in [0, 0.1) is 11.8 Å². The first-order chi connectivity index (χ1) is 9.34. The normalized spacial score (nSPS) is 10.9. The first kappa shape index (κ1) is 17.3. The van der Waals surface area contributed by atoms with Gasteiger partial charge in [0.05, 0.1) is 10.9 Å². The van der Waals surface area contributed by atoms with Gasteiger partial charge in [-0.25, -0.2) is 4.68 Å². The zero-order chi connectivity index (χ0) is 14.9. The van der Waals surface area contributed by atoms with Crippen molar-refractivity contribution < 1.29 is 23.7 Å². The molecule has 0 bridgehead atoms. The number of hydrogen-bond acceptors (Lipinski definition) is 3. The number of benzene rings is 1. The van der Waals surface area contributed by atoms with Gasteiger partial charge in [-0.05, 0) is 18.0 Å². The zero-order valence-electron chi connectivity index (χ0n) is 13.1. The number of aromatic nitrogens is 2. The summed E-state index contributed by atoms with van der Waals surface area (Å²) in [6.45, 7) is 7.14. The largest absolute Gasteiger partial charge is 1.00 e. The van der Waals surface area contributed by atoms with Crippen LogP contribution in [-0.2, 0) is 4.79 Å². The fourth-order valence-electron chi connectivity index (χ4n) is 1.72. The first-order valence-electron chi connectivity index (χ1n) is 6.47. The summed E-state index contributed by atoms with van der Waals surface area (Å²) in [5.74, 6) is 0.186. The molecule has 5 nitrogen and oxygen atoms in total. The van der Waals surface area contributed by atoms with Gasteiger partial charge < -0.3 is 6.42 Å². The van der Waals surface area contributed by atoms with Gasteiger partial charge in [-0.3, -0.25) is 20.0 Å². The van der Waals surface area contributed by atoms with E-state index in [1.54, 1.807) is 52.3 Å². The Kier molecular flexibility index (Phi) is 5.27. The van der Waals surface area contributed by atoms with E-state index in [0.717, 1.165) is 0 Å². The Bertz CT molecular complexity index is 717. The van der Waals surface area contributed by atoms with Crippen molar-refractivity contribution in [3.63, 3.8) is 0 Å². The molecule has 1 amide bonds. The molecule has 0 saturated carbocycles. The second-order valence-electron chi connectivity index (χ2n) is 5.61. The topological polar surface area (TPSA) is 64.0 Å². The maximum absolute atomic E-state index is 12.5. The van der Waals surface area contributed by atoms with E-state index in [1.165, 1.54) is 4.68 Å². The zero-order valence-corrected chi connectivity index (χ0v) is 13.1. The molecule has 0 aliphatic rings. The van der Waals surface area contributed by atoms with Gasteiger partial charge in [0, 0.05) is 5.41 Å². The number of nitrogens with zero attached hydrogens (tertiary/aromatic N) is 2. The molecule has 1 N–H and O–H groups in total. The molecular weight excluding hydrogens is 261 g/mol. The third-order valence-corrected chi connectivity index (χ3v) is 2.95. The van der Waals surface area contributed by atoms with Gasteiger partial charge in [0.1, 0.15) is 0 Å².